The predicted octanol–water partition coefficient (Wildman–Crippen LogP) is 2.93. The fraction of sp³-hybridized carbons (Fsp3) is 0. The number of ketones is 2. The van der Waals surface area contributed by atoms with Crippen molar-refractivity contribution in [3.05, 3.63) is 77.8 Å². The van der Waals surface area contributed by atoms with Gasteiger partial charge in [0, 0.05) is 17.2 Å². The molecule has 0 spiro atoms. The highest BCUT2D eigenvalue weighted by molar-refractivity contribution is 6.37. The lowest BCUT2D eigenvalue weighted by Gasteiger charge is -2.17. The van der Waals surface area contributed by atoms with Gasteiger partial charge in [0.1, 0.15) is 16.1 Å². The van der Waals surface area contributed by atoms with Crippen LogP contribution in [-0.4, -0.2) is 21.4 Å². The molecule has 0 amide bonds. The van der Waals surface area contributed by atoms with E-state index in [2.05, 4.69) is 0 Å². The summed E-state index contributed by atoms with van der Waals surface area (Å²) in [6, 6.07) is 5.83. The molecule has 8 nitrogen and oxygen atoms in total. The third-order valence-electron chi connectivity index (χ3n) is 3.49. The molecule has 23 heavy (non-hydrogen) atoms. The maximum atomic E-state index is 12.6. The Labute approximate surface area is 132 Å². The molecule has 0 aliphatic heterocycles. The average molecular weight is 333 g/mol. The van der Waals surface area contributed by atoms with E-state index >= 15 is 0 Å². The van der Waals surface area contributed by atoms with Gasteiger partial charge in [0.25, 0.3) is 11.4 Å². The van der Waals surface area contributed by atoms with Crippen molar-refractivity contribution in [3.8, 4) is 0 Å². The van der Waals surface area contributed by atoms with Crippen LogP contribution in [0, 0.1) is 20.2 Å². The van der Waals surface area contributed by atoms with Crippen LogP contribution in [0.1, 0.15) is 31.8 Å². The molecule has 0 radical (unpaired) electrons. The first kappa shape index (κ1) is 14.8. The zero-order valence-electron chi connectivity index (χ0n) is 11.1. The van der Waals surface area contributed by atoms with Gasteiger partial charge in [-0.25, -0.2) is 0 Å². The lowest BCUT2D eigenvalue weighted by atomic mass is 9.82. The number of hydrogen-bond acceptors (Lipinski definition) is 6. The van der Waals surface area contributed by atoms with E-state index < -0.39 is 38.4 Å². The molecule has 3 rings (SSSR count). The summed E-state index contributed by atoms with van der Waals surface area (Å²) in [6.07, 6.45) is 0. The van der Waals surface area contributed by atoms with Gasteiger partial charge in [-0.3, -0.25) is 29.8 Å². The summed E-state index contributed by atoms with van der Waals surface area (Å²) in [5, 5.41) is 22.0. The Balaban J connectivity index is 2.40. The SMILES string of the molecule is O=C1c2ccc(Cl)c([N+](=O)[O-])c2C(=O)c2cccc([N+](=O)[O-])c21. The second-order valence-corrected chi connectivity index (χ2v) is 5.10. The molecule has 0 N–H and O–H groups in total. The van der Waals surface area contributed by atoms with Crippen molar-refractivity contribution < 1.29 is 19.4 Å². The summed E-state index contributed by atoms with van der Waals surface area (Å²) in [6.45, 7) is 0. The minimum Gasteiger partial charge on any atom is -0.288 e. The number of fused-ring (bicyclic) bond motifs is 2. The van der Waals surface area contributed by atoms with E-state index in [0.717, 1.165) is 18.2 Å². The van der Waals surface area contributed by atoms with Crippen LogP contribution in [0.4, 0.5) is 11.4 Å². The van der Waals surface area contributed by atoms with Crippen LogP contribution in [0.15, 0.2) is 30.3 Å². The summed E-state index contributed by atoms with van der Waals surface area (Å²) in [7, 11) is 0. The van der Waals surface area contributed by atoms with E-state index in [1.54, 1.807) is 0 Å². The van der Waals surface area contributed by atoms with Crippen LogP contribution in [0.2, 0.25) is 5.02 Å². The molecule has 1 aliphatic rings. The number of rotatable bonds is 2. The van der Waals surface area contributed by atoms with Crippen molar-refractivity contribution in [1.82, 2.24) is 0 Å². The number of carbonyl (C=O) groups excluding carboxylic acids is 2. The van der Waals surface area contributed by atoms with Crippen molar-refractivity contribution in [2.75, 3.05) is 0 Å². The van der Waals surface area contributed by atoms with Crippen molar-refractivity contribution in [2.45, 2.75) is 0 Å². The van der Waals surface area contributed by atoms with Gasteiger partial charge in [-0.2, -0.15) is 0 Å². The summed E-state index contributed by atoms with van der Waals surface area (Å²) < 4.78 is 0. The van der Waals surface area contributed by atoms with Crippen LogP contribution in [0.25, 0.3) is 0 Å². The van der Waals surface area contributed by atoms with E-state index in [9.17, 15) is 29.8 Å². The quantitative estimate of drug-likeness (QED) is 0.525. The fourth-order valence-corrected chi connectivity index (χ4v) is 2.78. The van der Waals surface area contributed by atoms with Crippen molar-refractivity contribution >= 4 is 34.5 Å². The number of carbonyl (C=O) groups is 2. The zero-order valence-corrected chi connectivity index (χ0v) is 11.9. The maximum Gasteiger partial charge on any atom is 0.299 e. The average Bonchev–Trinajstić information content (AvgIpc) is 2.51. The number of halogens is 1. The summed E-state index contributed by atoms with van der Waals surface area (Å²) in [4.78, 5) is 45.7. The van der Waals surface area contributed by atoms with Gasteiger partial charge < -0.3 is 0 Å². The van der Waals surface area contributed by atoms with Crippen molar-refractivity contribution in [2.24, 2.45) is 0 Å². The van der Waals surface area contributed by atoms with E-state index in [1.807, 2.05) is 0 Å². The first-order valence-electron chi connectivity index (χ1n) is 6.18. The van der Waals surface area contributed by atoms with Gasteiger partial charge in [0.15, 0.2) is 0 Å². The van der Waals surface area contributed by atoms with Crippen LogP contribution < -0.4 is 0 Å². The van der Waals surface area contributed by atoms with Crippen LogP contribution in [-0.2, 0) is 0 Å². The van der Waals surface area contributed by atoms with Crippen molar-refractivity contribution in [3.63, 3.8) is 0 Å². The third kappa shape index (κ3) is 2.00. The van der Waals surface area contributed by atoms with Gasteiger partial charge in [0.2, 0.25) is 11.6 Å². The highest BCUT2D eigenvalue weighted by Gasteiger charge is 2.40. The zero-order chi connectivity index (χ0) is 16.9. The molecule has 0 atom stereocenters. The Morgan fingerprint density at radius 1 is 0.826 bits per heavy atom. The molecule has 0 unspecified atom stereocenters. The second-order valence-electron chi connectivity index (χ2n) is 4.69. The van der Waals surface area contributed by atoms with Gasteiger partial charge >= 0.3 is 0 Å². The largest absolute Gasteiger partial charge is 0.299 e. The minimum absolute atomic E-state index is 0.248. The van der Waals surface area contributed by atoms with E-state index in [1.165, 1.54) is 12.1 Å². The molecule has 0 aromatic heterocycles. The number of hydrogen-bond donors (Lipinski definition) is 0. The molecule has 114 valence electrons. The van der Waals surface area contributed by atoms with Gasteiger partial charge in [-0.1, -0.05) is 17.7 Å². The first-order chi connectivity index (χ1) is 10.8. The second kappa shape index (κ2) is 4.96. The first-order valence-corrected chi connectivity index (χ1v) is 6.56. The highest BCUT2D eigenvalue weighted by Crippen LogP contribution is 2.39. The van der Waals surface area contributed by atoms with E-state index in [4.69, 9.17) is 11.6 Å². The van der Waals surface area contributed by atoms with Crippen LogP contribution >= 0.6 is 11.6 Å². The molecule has 0 saturated carbocycles. The molecule has 0 bridgehead atoms. The summed E-state index contributed by atoms with van der Waals surface area (Å²) >= 11 is 5.76. The third-order valence-corrected chi connectivity index (χ3v) is 3.80. The highest BCUT2D eigenvalue weighted by atomic mass is 35.5. The monoisotopic (exact) mass is 332 g/mol. The predicted molar refractivity (Wildman–Crippen MR) is 78.1 cm³/mol. The Bertz CT molecular complexity index is 937. The van der Waals surface area contributed by atoms with E-state index in [-0.39, 0.29) is 21.7 Å². The molecule has 2 aromatic carbocycles. The van der Waals surface area contributed by atoms with Crippen LogP contribution in [0.5, 0.6) is 0 Å². The molecular formula is C14H5ClN2O6. The smallest absolute Gasteiger partial charge is 0.288 e. The van der Waals surface area contributed by atoms with E-state index in [0.29, 0.717) is 0 Å². The van der Waals surface area contributed by atoms with Crippen molar-refractivity contribution in [1.29, 1.82) is 0 Å². The summed E-state index contributed by atoms with van der Waals surface area (Å²) in [5.41, 5.74) is -2.54. The van der Waals surface area contributed by atoms with Gasteiger partial charge in [-0.15, -0.1) is 0 Å². The standard InChI is InChI=1S/C14H5ClN2O6/c15-8-5-4-7-11(12(8)17(22)23)14(19)6-2-1-3-9(16(20)21)10(6)13(7)18/h1-5H. The topological polar surface area (TPSA) is 120 Å². The van der Waals surface area contributed by atoms with Crippen LogP contribution in [0.3, 0.4) is 0 Å². The number of nitrogens with zero attached hydrogens (tertiary/aromatic N) is 2. The molecule has 9 heteroatoms. The number of nitro benzene ring substituents is 2. The fourth-order valence-electron chi connectivity index (χ4n) is 2.55. The molecule has 2 aromatic rings. The Hall–Kier alpha value is -3.13. The normalized spacial score (nSPS) is 12.6. The minimum atomic E-state index is -0.852. The lowest BCUT2D eigenvalue weighted by molar-refractivity contribution is -0.385. The number of nitro groups is 2. The van der Waals surface area contributed by atoms with Gasteiger partial charge in [-0.05, 0) is 18.2 Å². The Morgan fingerprint density at radius 2 is 1.43 bits per heavy atom. The molecule has 1 aliphatic carbocycles. The maximum absolute atomic E-state index is 12.6. The Kier molecular flexibility index (Phi) is 3.19. The summed E-state index contributed by atoms with van der Waals surface area (Å²) in [5.74, 6) is -1.66. The molecular weight excluding hydrogens is 328 g/mol. The lowest BCUT2D eigenvalue weighted by Crippen LogP contribution is -2.23. The Morgan fingerprint density at radius 3 is 2.04 bits per heavy atom. The number of benzene rings is 2. The van der Waals surface area contributed by atoms with Gasteiger partial charge in [0.05, 0.1) is 9.85 Å². The molecule has 0 saturated heterocycles. The molecule has 0 fully saturated rings. The molecule has 0 heterocycles.